The van der Waals surface area contributed by atoms with E-state index in [1.165, 1.54) is 5.56 Å². The number of nitrogens with zero attached hydrogens (tertiary/aromatic N) is 1. The summed E-state index contributed by atoms with van der Waals surface area (Å²) in [6.07, 6.45) is 1.77. The molecule has 0 spiro atoms. The summed E-state index contributed by atoms with van der Waals surface area (Å²) in [7, 11) is 1.67. The zero-order valence-corrected chi connectivity index (χ0v) is 17.7. The molecule has 0 bridgehead atoms. The lowest BCUT2D eigenvalue weighted by Gasteiger charge is -2.13. The standard InChI is InChI=1S/C25H28N2O3/c1-4-29-25-15-21(16-26-27-17-22-7-5-6-8-23(22)28-3)13-14-24(25)30-18-20-11-9-19(2)10-12-20/h5-16,27H,4,17-18H2,1-3H3/b26-16-. The summed E-state index contributed by atoms with van der Waals surface area (Å²) in [4.78, 5) is 0. The molecule has 0 radical (unpaired) electrons. The van der Waals surface area contributed by atoms with Gasteiger partial charge in [-0.25, -0.2) is 0 Å². The Morgan fingerprint density at radius 1 is 0.900 bits per heavy atom. The number of ether oxygens (including phenoxy) is 3. The zero-order chi connectivity index (χ0) is 21.2. The Bertz CT molecular complexity index is 968. The van der Waals surface area contributed by atoms with E-state index in [4.69, 9.17) is 14.2 Å². The van der Waals surface area contributed by atoms with Crippen LogP contribution in [0.15, 0.2) is 71.8 Å². The van der Waals surface area contributed by atoms with Gasteiger partial charge in [-0.1, -0.05) is 48.0 Å². The molecule has 0 amide bonds. The minimum atomic E-state index is 0.494. The van der Waals surface area contributed by atoms with Gasteiger partial charge < -0.3 is 19.6 Å². The molecule has 0 saturated carbocycles. The van der Waals surface area contributed by atoms with E-state index in [9.17, 15) is 0 Å². The van der Waals surface area contributed by atoms with E-state index >= 15 is 0 Å². The second kappa shape index (κ2) is 10.9. The third kappa shape index (κ3) is 6.01. The molecular formula is C25H28N2O3. The number of aryl methyl sites for hydroxylation is 1. The maximum atomic E-state index is 5.98. The van der Waals surface area contributed by atoms with Crippen molar-refractivity contribution in [2.45, 2.75) is 27.0 Å². The molecule has 30 heavy (non-hydrogen) atoms. The van der Waals surface area contributed by atoms with Crippen LogP contribution in [-0.2, 0) is 13.2 Å². The van der Waals surface area contributed by atoms with Crippen LogP contribution in [0.1, 0.15) is 29.2 Å². The van der Waals surface area contributed by atoms with Crippen molar-refractivity contribution in [1.29, 1.82) is 0 Å². The molecule has 3 rings (SSSR count). The summed E-state index contributed by atoms with van der Waals surface area (Å²) in [5.41, 5.74) is 7.39. The third-order valence-electron chi connectivity index (χ3n) is 4.55. The fraction of sp³-hybridized carbons (Fsp3) is 0.240. The average molecular weight is 405 g/mol. The molecule has 0 aliphatic rings. The molecule has 0 aliphatic carbocycles. The number of methoxy groups -OCH3 is 1. The highest BCUT2D eigenvalue weighted by molar-refractivity contribution is 5.80. The smallest absolute Gasteiger partial charge is 0.161 e. The van der Waals surface area contributed by atoms with Crippen LogP contribution >= 0.6 is 0 Å². The quantitative estimate of drug-likeness (QED) is 0.377. The number of hydrazone groups is 1. The third-order valence-corrected chi connectivity index (χ3v) is 4.55. The van der Waals surface area contributed by atoms with Crippen molar-refractivity contribution in [3.05, 3.63) is 89.0 Å². The van der Waals surface area contributed by atoms with E-state index < -0.39 is 0 Å². The van der Waals surface area contributed by atoms with E-state index in [0.717, 1.165) is 28.2 Å². The molecule has 0 atom stereocenters. The number of benzene rings is 3. The van der Waals surface area contributed by atoms with Gasteiger partial charge in [0.25, 0.3) is 0 Å². The second-order valence-electron chi connectivity index (χ2n) is 6.82. The van der Waals surface area contributed by atoms with E-state index in [0.29, 0.717) is 25.5 Å². The van der Waals surface area contributed by atoms with E-state index in [1.54, 1.807) is 13.3 Å². The maximum absolute atomic E-state index is 5.98. The number of hydrogen-bond acceptors (Lipinski definition) is 5. The summed E-state index contributed by atoms with van der Waals surface area (Å²) >= 11 is 0. The van der Waals surface area contributed by atoms with Gasteiger partial charge in [-0.2, -0.15) is 5.10 Å². The van der Waals surface area contributed by atoms with Gasteiger partial charge >= 0.3 is 0 Å². The summed E-state index contributed by atoms with van der Waals surface area (Å²) in [5, 5.41) is 4.32. The second-order valence-corrected chi connectivity index (χ2v) is 6.82. The van der Waals surface area contributed by atoms with Gasteiger partial charge in [0.05, 0.1) is 26.5 Å². The first kappa shape index (κ1) is 21.2. The van der Waals surface area contributed by atoms with Gasteiger partial charge in [0.1, 0.15) is 12.4 Å². The van der Waals surface area contributed by atoms with Crippen molar-refractivity contribution in [2.24, 2.45) is 5.10 Å². The van der Waals surface area contributed by atoms with Crippen molar-refractivity contribution in [3.8, 4) is 17.2 Å². The monoisotopic (exact) mass is 404 g/mol. The molecule has 3 aromatic carbocycles. The van der Waals surface area contributed by atoms with Crippen LogP contribution in [0.5, 0.6) is 17.2 Å². The lowest BCUT2D eigenvalue weighted by atomic mass is 10.2. The van der Waals surface area contributed by atoms with Crippen LogP contribution in [0.4, 0.5) is 0 Å². The van der Waals surface area contributed by atoms with Crippen LogP contribution in [0.2, 0.25) is 0 Å². The minimum Gasteiger partial charge on any atom is -0.496 e. The SMILES string of the molecule is CCOc1cc(/C=N\NCc2ccccc2OC)ccc1OCc1ccc(C)cc1. The average Bonchev–Trinajstić information content (AvgIpc) is 2.77. The van der Waals surface area contributed by atoms with Crippen LogP contribution in [-0.4, -0.2) is 19.9 Å². The predicted octanol–water partition coefficient (Wildman–Crippen LogP) is 5.11. The van der Waals surface area contributed by atoms with Crippen molar-refractivity contribution in [1.82, 2.24) is 5.43 Å². The normalized spacial score (nSPS) is 10.8. The zero-order valence-electron chi connectivity index (χ0n) is 17.7. The Morgan fingerprint density at radius 3 is 2.47 bits per heavy atom. The summed E-state index contributed by atoms with van der Waals surface area (Å²) < 4.78 is 17.1. The molecular weight excluding hydrogens is 376 g/mol. The van der Waals surface area contributed by atoms with Crippen LogP contribution in [0.3, 0.4) is 0 Å². The topological polar surface area (TPSA) is 52.1 Å². The molecule has 0 heterocycles. The fourth-order valence-corrected chi connectivity index (χ4v) is 2.94. The molecule has 0 aliphatic heterocycles. The summed E-state index contributed by atoms with van der Waals surface area (Å²) in [6.45, 7) is 5.67. The first-order chi connectivity index (χ1) is 14.7. The van der Waals surface area contributed by atoms with Gasteiger partial charge in [0.15, 0.2) is 11.5 Å². The highest BCUT2D eigenvalue weighted by Crippen LogP contribution is 2.29. The van der Waals surface area contributed by atoms with Crippen molar-refractivity contribution in [2.75, 3.05) is 13.7 Å². The Kier molecular flexibility index (Phi) is 7.72. The molecule has 1 N–H and O–H groups in total. The van der Waals surface area contributed by atoms with Crippen molar-refractivity contribution < 1.29 is 14.2 Å². The predicted molar refractivity (Wildman–Crippen MR) is 121 cm³/mol. The first-order valence-corrected chi connectivity index (χ1v) is 10.0. The minimum absolute atomic E-state index is 0.494. The highest BCUT2D eigenvalue weighted by atomic mass is 16.5. The van der Waals surface area contributed by atoms with Gasteiger partial charge in [-0.15, -0.1) is 0 Å². The summed E-state index contributed by atoms with van der Waals surface area (Å²) in [5.74, 6) is 2.27. The van der Waals surface area contributed by atoms with Gasteiger partial charge in [0, 0.05) is 5.56 Å². The number of para-hydroxylation sites is 1. The first-order valence-electron chi connectivity index (χ1n) is 10.0. The highest BCUT2D eigenvalue weighted by Gasteiger charge is 2.07. The van der Waals surface area contributed by atoms with Gasteiger partial charge in [-0.05, 0) is 49.2 Å². The number of nitrogens with one attached hydrogen (secondary N) is 1. The molecule has 156 valence electrons. The molecule has 5 nitrogen and oxygen atoms in total. The molecule has 0 unspecified atom stereocenters. The molecule has 5 heteroatoms. The molecule has 0 fully saturated rings. The lowest BCUT2D eigenvalue weighted by molar-refractivity contribution is 0.269. The molecule has 0 aromatic heterocycles. The Morgan fingerprint density at radius 2 is 1.70 bits per heavy atom. The summed E-state index contributed by atoms with van der Waals surface area (Å²) in [6, 6.07) is 22.0. The van der Waals surface area contributed by atoms with Crippen molar-refractivity contribution in [3.63, 3.8) is 0 Å². The van der Waals surface area contributed by atoms with E-state index in [1.807, 2.05) is 49.4 Å². The Hall–Kier alpha value is -3.47. The molecule has 0 saturated heterocycles. The fourth-order valence-electron chi connectivity index (χ4n) is 2.94. The van der Waals surface area contributed by atoms with Crippen LogP contribution < -0.4 is 19.6 Å². The van der Waals surface area contributed by atoms with Crippen molar-refractivity contribution >= 4 is 6.21 Å². The van der Waals surface area contributed by atoms with Gasteiger partial charge in [0.2, 0.25) is 0 Å². The molecule has 3 aromatic rings. The lowest BCUT2D eigenvalue weighted by Crippen LogP contribution is -2.07. The maximum Gasteiger partial charge on any atom is 0.161 e. The van der Waals surface area contributed by atoms with E-state index in [2.05, 4.69) is 41.7 Å². The van der Waals surface area contributed by atoms with Crippen LogP contribution in [0.25, 0.3) is 0 Å². The van der Waals surface area contributed by atoms with Crippen LogP contribution in [0, 0.1) is 6.92 Å². The van der Waals surface area contributed by atoms with Gasteiger partial charge in [-0.3, -0.25) is 0 Å². The largest absolute Gasteiger partial charge is 0.496 e. The number of hydrogen-bond donors (Lipinski definition) is 1. The van der Waals surface area contributed by atoms with E-state index in [-0.39, 0.29) is 0 Å². The Balaban J connectivity index is 1.62. The Labute approximate surface area is 178 Å². The number of rotatable bonds is 10.